The standard InChI is InChI=1S/C17H22N2OS/c1-18-10-9-13-6-4-5-11-19(13)17(20)15-12-21-16-8-3-2-7-14(15)16/h2-3,7-8,12-13,18H,4-6,9-11H2,1H3. The van der Waals surface area contributed by atoms with Crippen LogP contribution < -0.4 is 5.32 Å². The van der Waals surface area contributed by atoms with Crippen molar-refractivity contribution in [3.63, 3.8) is 0 Å². The van der Waals surface area contributed by atoms with E-state index in [9.17, 15) is 4.79 Å². The Bertz CT molecular complexity index is 622. The molecule has 4 heteroatoms. The highest BCUT2D eigenvalue weighted by atomic mass is 32.1. The van der Waals surface area contributed by atoms with Crippen LogP contribution in [-0.2, 0) is 0 Å². The van der Waals surface area contributed by atoms with Crippen LogP contribution >= 0.6 is 11.3 Å². The topological polar surface area (TPSA) is 32.3 Å². The number of piperidine rings is 1. The van der Waals surface area contributed by atoms with E-state index >= 15 is 0 Å². The molecular weight excluding hydrogens is 280 g/mol. The zero-order valence-corrected chi connectivity index (χ0v) is 13.3. The molecule has 0 aliphatic carbocycles. The van der Waals surface area contributed by atoms with Crippen LogP contribution in [0.3, 0.4) is 0 Å². The number of fused-ring (bicyclic) bond motifs is 1. The van der Waals surface area contributed by atoms with Gasteiger partial charge in [-0.2, -0.15) is 0 Å². The van der Waals surface area contributed by atoms with Crippen LogP contribution in [0.25, 0.3) is 10.1 Å². The summed E-state index contributed by atoms with van der Waals surface area (Å²) < 4.78 is 1.20. The fraction of sp³-hybridized carbons (Fsp3) is 0.471. The van der Waals surface area contributed by atoms with Crippen LogP contribution in [0.5, 0.6) is 0 Å². The molecule has 1 fully saturated rings. The van der Waals surface area contributed by atoms with Gasteiger partial charge in [-0.15, -0.1) is 11.3 Å². The lowest BCUT2D eigenvalue weighted by Crippen LogP contribution is -2.44. The monoisotopic (exact) mass is 302 g/mol. The summed E-state index contributed by atoms with van der Waals surface area (Å²) in [5.41, 5.74) is 0.881. The van der Waals surface area contributed by atoms with Crippen LogP contribution in [0, 0.1) is 0 Å². The maximum Gasteiger partial charge on any atom is 0.255 e. The summed E-state index contributed by atoms with van der Waals surface area (Å²) in [5.74, 6) is 0.216. The highest BCUT2D eigenvalue weighted by molar-refractivity contribution is 7.17. The fourth-order valence-electron chi connectivity index (χ4n) is 3.18. The molecule has 1 aromatic carbocycles. The van der Waals surface area contributed by atoms with Crippen molar-refractivity contribution in [2.24, 2.45) is 0 Å². The van der Waals surface area contributed by atoms with E-state index in [0.29, 0.717) is 6.04 Å². The van der Waals surface area contributed by atoms with E-state index in [-0.39, 0.29) is 5.91 Å². The van der Waals surface area contributed by atoms with Crippen molar-refractivity contribution in [2.45, 2.75) is 31.7 Å². The van der Waals surface area contributed by atoms with Gasteiger partial charge in [0.05, 0.1) is 5.56 Å². The Hall–Kier alpha value is -1.39. The van der Waals surface area contributed by atoms with Crippen LogP contribution in [0.15, 0.2) is 29.6 Å². The van der Waals surface area contributed by atoms with Gasteiger partial charge in [0.15, 0.2) is 0 Å². The number of benzene rings is 1. The summed E-state index contributed by atoms with van der Waals surface area (Å²) in [7, 11) is 1.97. The molecule has 1 aliphatic rings. The van der Waals surface area contributed by atoms with E-state index in [1.54, 1.807) is 11.3 Å². The zero-order valence-electron chi connectivity index (χ0n) is 12.5. The Kier molecular flexibility index (Phi) is 4.56. The molecule has 1 aromatic heterocycles. The molecule has 21 heavy (non-hydrogen) atoms. The van der Waals surface area contributed by atoms with Crippen molar-refractivity contribution in [3.8, 4) is 0 Å². The predicted octanol–water partition coefficient (Wildman–Crippen LogP) is 3.51. The second-order valence-electron chi connectivity index (χ2n) is 5.69. The summed E-state index contributed by atoms with van der Waals surface area (Å²) in [6.45, 7) is 1.87. The van der Waals surface area contributed by atoms with Crippen molar-refractivity contribution in [3.05, 3.63) is 35.2 Å². The van der Waals surface area contributed by atoms with Crippen molar-refractivity contribution >= 4 is 27.3 Å². The van der Waals surface area contributed by atoms with Gasteiger partial charge in [0.2, 0.25) is 0 Å². The summed E-state index contributed by atoms with van der Waals surface area (Å²) in [5, 5.41) is 6.33. The number of nitrogens with one attached hydrogen (secondary N) is 1. The van der Waals surface area contributed by atoms with Gasteiger partial charge >= 0.3 is 0 Å². The molecule has 1 unspecified atom stereocenters. The number of likely N-dealkylation sites (tertiary alicyclic amines) is 1. The first-order chi connectivity index (χ1) is 10.3. The second kappa shape index (κ2) is 6.58. The second-order valence-corrected chi connectivity index (χ2v) is 6.60. The molecule has 1 N–H and O–H groups in total. The first kappa shape index (κ1) is 14.5. The van der Waals surface area contributed by atoms with Gasteiger partial charge in [0.1, 0.15) is 0 Å². The number of carbonyl (C=O) groups excluding carboxylic acids is 1. The molecule has 2 aromatic rings. The smallest absolute Gasteiger partial charge is 0.255 e. The van der Waals surface area contributed by atoms with Crippen molar-refractivity contribution in [1.82, 2.24) is 10.2 Å². The zero-order chi connectivity index (χ0) is 14.7. The maximum atomic E-state index is 13.0. The van der Waals surface area contributed by atoms with Gasteiger partial charge in [-0.3, -0.25) is 4.79 Å². The van der Waals surface area contributed by atoms with E-state index in [2.05, 4.69) is 22.3 Å². The Morgan fingerprint density at radius 1 is 1.38 bits per heavy atom. The third kappa shape index (κ3) is 2.97. The summed E-state index contributed by atoms with van der Waals surface area (Å²) in [6, 6.07) is 8.58. The molecule has 0 saturated carbocycles. The average Bonchev–Trinajstić information content (AvgIpc) is 2.96. The molecule has 1 aliphatic heterocycles. The van der Waals surface area contributed by atoms with Crippen LogP contribution in [-0.4, -0.2) is 37.0 Å². The van der Waals surface area contributed by atoms with Crippen molar-refractivity contribution < 1.29 is 4.79 Å². The van der Waals surface area contributed by atoms with Crippen LogP contribution in [0.2, 0.25) is 0 Å². The normalized spacial score (nSPS) is 19.1. The highest BCUT2D eigenvalue weighted by Crippen LogP contribution is 2.29. The number of carbonyl (C=O) groups is 1. The summed E-state index contributed by atoms with van der Waals surface area (Å²) in [4.78, 5) is 15.1. The number of nitrogens with zero attached hydrogens (tertiary/aromatic N) is 1. The third-order valence-corrected chi connectivity index (χ3v) is 5.29. The Morgan fingerprint density at radius 3 is 3.10 bits per heavy atom. The molecule has 1 atom stereocenters. The van der Waals surface area contributed by atoms with Crippen molar-refractivity contribution in [1.29, 1.82) is 0 Å². The minimum Gasteiger partial charge on any atom is -0.336 e. The van der Waals surface area contributed by atoms with E-state index in [4.69, 9.17) is 0 Å². The van der Waals surface area contributed by atoms with Crippen LogP contribution in [0.1, 0.15) is 36.0 Å². The molecule has 1 amide bonds. The van der Waals surface area contributed by atoms with Gasteiger partial charge in [-0.1, -0.05) is 18.2 Å². The molecule has 0 bridgehead atoms. The molecular formula is C17H22N2OS. The van der Waals surface area contributed by atoms with Gasteiger partial charge in [-0.05, 0) is 45.3 Å². The first-order valence-electron chi connectivity index (χ1n) is 7.73. The molecule has 3 rings (SSSR count). The summed E-state index contributed by atoms with van der Waals surface area (Å²) >= 11 is 1.67. The van der Waals surface area contributed by atoms with Gasteiger partial charge < -0.3 is 10.2 Å². The lowest BCUT2D eigenvalue weighted by atomic mass is 9.98. The quantitative estimate of drug-likeness (QED) is 0.937. The summed E-state index contributed by atoms with van der Waals surface area (Å²) in [6.07, 6.45) is 4.55. The molecule has 3 nitrogen and oxygen atoms in total. The molecule has 1 saturated heterocycles. The molecule has 2 heterocycles. The SMILES string of the molecule is CNCCC1CCCCN1C(=O)c1csc2ccccc12. The Morgan fingerprint density at radius 2 is 2.24 bits per heavy atom. The lowest BCUT2D eigenvalue weighted by Gasteiger charge is -2.36. The van der Waals surface area contributed by atoms with E-state index < -0.39 is 0 Å². The number of hydrogen-bond donors (Lipinski definition) is 1. The molecule has 0 radical (unpaired) electrons. The number of hydrogen-bond acceptors (Lipinski definition) is 3. The largest absolute Gasteiger partial charge is 0.336 e. The molecule has 0 spiro atoms. The first-order valence-corrected chi connectivity index (χ1v) is 8.61. The Labute approximate surface area is 130 Å². The lowest BCUT2D eigenvalue weighted by molar-refractivity contribution is 0.0605. The highest BCUT2D eigenvalue weighted by Gasteiger charge is 2.28. The average molecular weight is 302 g/mol. The number of thiophene rings is 1. The predicted molar refractivity (Wildman–Crippen MR) is 89.0 cm³/mol. The minimum atomic E-state index is 0.216. The van der Waals surface area contributed by atoms with Gasteiger partial charge in [-0.25, -0.2) is 0 Å². The third-order valence-electron chi connectivity index (χ3n) is 4.33. The van der Waals surface area contributed by atoms with E-state index in [0.717, 1.165) is 43.3 Å². The maximum absolute atomic E-state index is 13.0. The Balaban J connectivity index is 1.85. The fourth-order valence-corrected chi connectivity index (χ4v) is 4.11. The number of rotatable bonds is 4. The van der Waals surface area contributed by atoms with Gasteiger partial charge in [0, 0.05) is 28.1 Å². The molecule has 112 valence electrons. The van der Waals surface area contributed by atoms with E-state index in [1.807, 2.05) is 24.6 Å². The van der Waals surface area contributed by atoms with Crippen LogP contribution in [0.4, 0.5) is 0 Å². The number of amides is 1. The van der Waals surface area contributed by atoms with Gasteiger partial charge in [0.25, 0.3) is 5.91 Å². The minimum absolute atomic E-state index is 0.216. The van der Waals surface area contributed by atoms with Crippen molar-refractivity contribution in [2.75, 3.05) is 20.1 Å². The van der Waals surface area contributed by atoms with E-state index in [1.165, 1.54) is 11.1 Å².